The number of carbonyl (C=O) groups excluding carboxylic acids is 1. The van der Waals surface area contributed by atoms with Crippen LogP contribution in [0.25, 0.3) is 0 Å². The van der Waals surface area contributed by atoms with E-state index in [1.165, 1.54) is 18.4 Å². The van der Waals surface area contributed by atoms with Gasteiger partial charge in [0.05, 0.1) is 6.20 Å². The number of pyridine rings is 1. The average Bonchev–Trinajstić information content (AvgIpc) is 3.25. The molecule has 1 saturated carbocycles. The molecule has 1 aromatic heterocycles. The lowest BCUT2D eigenvalue weighted by Crippen LogP contribution is -2.46. The predicted molar refractivity (Wildman–Crippen MR) is 89.5 cm³/mol. The van der Waals surface area contributed by atoms with Crippen LogP contribution >= 0.6 is 0 Å². The molecule has 2 heterocycles. The van der Waals surface area contributed by atoms with Crippen molar-refractivity contribution >= 4 is 5.91 Å². The van der Waals surface area contributed by atoms with E-state index in [9.17, 15) is 4.79 Å². The number of amides is 1. The Balaban J connectivity index is 1.42. The summed E-state index contributed by atoms with van der Waals surface area (Å²) in [5.41, 5.74) is 1.27. The Bertz CT molecular complexity index is 543. The van der Waals surface area contributed by atoms with E-state index in [1.807, 2.05) is 20.0 Å². The zero-order valence-corrected chi connectivity index (χ0v) is 14.0. The molecule has 3 atom stereocenters. The highest BCUT2D eigenvalue weighted by atomic mass is 16.5. The molecule has 5 heteroatoms. The summed E-state index contributed by atoms with van der Waals surface area (Å²) in [7, 11) is 0. The molecule has 1 aliphatic carbocycles. The molecule has 2 N–H and O–H groups in total. The lowest BCUT2D eigenvalue weighted by molar-refractivity contribution is -0.123. The van der Waals surface area contributed by atoms with Crippen LogP contribution in [-0.4, -0.2) is 36.6 Å². The van der Waals surface area contributed by atoms with Crippen molar-refractivity contribution in [3.8, 4) is 5.75 Å². The number of nitrogens with one attached hydrogen (secondary N) is 2. The molecule has 2 fully saturated rings. The molecule has 1 amide bonds. The molecular weight excluding hydrogens is 290 g/mol. The van der Waals surface area contributed by atoms with Crippen molar-refractivity contribution in [1.29, 1.82) is 0 Å². The van der Waals surface area contributed by atoms with Gasteiger partial charge in [-0.2, -0.15) is 0 Å². The second-order valence-electron chi connectivity index (χ2n) is 7.04. The largest absolute Gasteiger partial charge is 0.490 e. The number of rotatable bonds is 8. The van der Waals surface area contributed by atoms with Gasteiger partial charge in [0.2, 0.25) is 5.91 Å². The van der Waals surface area contributed by atoms with Gasteiger partial charge in [0.25, 0.3) is 0 Å². The fourth-order valence-corrected chi connectivity index (χ4v) is 2.96. The van der Waals surface area contributed by atoms with E-state index in [0.29, 0.717) is 17.9 Å². The first-order chi connectivity index (χ1) is 11.1. The van der Waals surface area contributed by atoms with Gasteiger partial charge >= 0.3 is 0 Å². The predicted octanol–water partition coefficient (Wildman–Crippen LogP) is 2.09. The fourth-order valence-electron chi connectivity index (χ4n) is 2.96. The van der Waals surface area contributed by atoms with Gasteiger partial charge in [0.15, 0.2) is 0 Å². The van der Waals surface area contributed by atoms with Crippen LogP contribution in [-0.2, 0) is 4.79 Å². The molecule has 3 rings (SSSR count). The van der Waals surface area contributed by atoms with Crippen LogP contribution in [0.15, 0.2) is 18.5 Å². The van der Waals surface area contributed by atoms with Gasteiger partial charge in [-0.25, -0.2) is 0 Å². The Hall–Kier alpha value is -1.62. The zero-order valence-electron chi connectivity index (χ0n) is 14.0. The highest BCUT2D eigenvalue weighted by Crippen LogP contribution is 2.49. The van der Waals surface area contributed by atoms with Gasteiger partial charge < -0.3 is 15.4 Å². The maximum absolute atomic E-state index is 11.6. The van der Waals surface area contributed by atoms with E-state index in [-0.39, 0.29) is 11.8 Å². The van der Waals surface area contributed by atoms with E-state index in [1.54, 1.807) is 6.20 Å². The van der Waals surface area contributed by atoms with E-state index in [2.05, 4.69) is 21.7 Å². The van der Waals surface area contributed by atoms with Crippen LogP contribution in [0.4, 0.5) is 0 Å². The number of nitrogens with zero attached hydrogens (tertiary/aromatic N) is 1. The van der Waals surface area contributed by atoms with E-state index < -0.39 is 0 Å². The van der Waals surface area contributed by atoms with Crippen LogP contribution in [0.3, 0.4) is 0 Å². The minimum Gasteiger partial charge on any atom is -0.490 e. The first-order valence-electron chi connectivity index (χ1n) is 8.72. The highest BCUT2D eigenvalue weighted by Gasteiger charge is 2.38. The standard InChI is InChI=1S/C18H27N3O2/c1-12(2)18(22)21-5-3-13-8-17(13)14-7-16(10-19-9-14)23-11-15-4-6-20-15/h7,9-10,12-13,15,17,20H,3-6,8,11H2,1-2H3,(H,21,22). The minimum atomic E-state index is 0.0631. The molecule has 2 aliphatic rings. The van der Waals surface area contributed by atoms with Gasteiger partial charge in [0, 0.05) is 24.7 Å². The lowest BCUT2D eigenvalue weighted by Gasteiger charge is -2.27. The summed E-state index contributed by atoms with van der Waals surface area (Å²) >= 11 is 0. The summed E-state index contributed by atoms with van der Waals surface area (Å²) in [6.07, 6.45) is 7.17. The molecule has 126 valence electrons. The summed E-state index contributed by atoms with van der Waals surface area (Å²) in [6.45, 7) is 6.44. The molecular formula is C18H27N3O2. The van der Waals surface area contributed by atoms with Crippen molar-refractivity contribution in [1.82, 2.24) is 15.6 Å². The number of aromatic nitrogens is 1. The van der Waals surface area contributed by atoms with Crippen LogP contribution in [0.2, 0.25) is 0 Å². The summed E-state index contributed by atoms with van der Waals surface area (Å²) in [5.74, 6) is 2.31. The molecule has 23 heavy (non-hydrogen) atoms. The van der Waals surface area contributed by atoms with Gasteiger partial charge in [-0.05, 0) is 49.3 Å². The lowest BCUT2D eigenvalue weighted by atomic mass is 10.1. The third-order valence-corrected chi connectivity index (χ3v) is 4.80. The summed E-state index contributed by atoms with van der Waals surface area (Å²) in [5, 5.41) is 6.33. The number of carbonyl (C=O) groups is 1. The fraction of sp³-hybridized carbons (Fsp3) is 0.667. The number of hydrogen-bond donors (Lipinski definition) is 2. The van der Waals surface area contributed by atoms with Crippen molar-refractivity contribution in [2.75, 3.05) is 19.7 Å². The molecule has 0 spiro atoms. The zero-order chi connectivity index (χ0) is 16.2. The average molecular weight is 317 g/mol. The third kappa shape index (κ3) is 4.44. The first kappa shape index (κ1) is 16.2. The monoisotopic (exact) mass is 317 g/mol. The van der Waals surface area contributed by atoms with Crippen molar-refractivity contribution in [3.63, 3.8) is 0 Å². The molecule has 0 bridgehead atoms. The maximum atomic E-state index is 11.6. The number of ether oxygens (including phenoxy) is 1. The van der Waals surface area contributed by atoms with Gasteiger partial charge in [-0.15, -0.1) is 0 Å². The van der Waals surface area contributed by atoms with Crippen LogP contribution < -0.4 is 15.4 Å². The Labute approximate surface area is 138 Å². The SMILES string of the molecule is CC(C)C(=O)NCCC1CC1c1cncc(OCC2CCN2)c1. The van der Waals surface area contributed by atoms with Crippen LogP contribution in [0.1, 0.15) is 44.6 Å². The second kappa shape index (κ2) is 7.30. The summed E-state index contributed by atoms with van der Waals surface area (Å²) < 4.78 is 5.82. The summed E-state index contributed by atoms with van der Waals surface area (Å²) in [6, 6.07) is 2.63. The van der Waals surface area contributed by atoms with Crippen molar-refractivity contribution in [2.45, 2.75) is 45.1 Å². The van der Waals surface area contributed by atoms with Crippen LogP contribution in [0, 0.1) is 11.8 Å². The first-order valence-corrected chi connectivity index (χ1v) is 8.72. The van der Waals surface area contributed by atoms with E-state index >= 15 is 0 Å². The smallest absolute Gasteiger partial charge is 0.222 e. The van der Waals surface area contributed by atoms with E-state index in [4.69, 9.17) is 4.74 Å². The Morgan fingerprint density at radius 2 is 2.30 bits per heavy atom. The molecule has 1 saturated heterocycles. The Morgan fingerprint density at radius 3 is 3.00 bits per heavy atom. The minimum absolute atomic E-state index is 0.0631. The quantitative estimate of drug-likeness (QED) is 0.770. The van der Waals surface area contributed by atoms with Crippen molar-refractivity contribution in [3.05, 3.63) is 24.0 Å². The maximum Gasteiger partial charge on any atom is 0.222 e. The third-order valence-electron chi connectivity index (χ3n) is 4.80. The van der Waals surface area contributed by atoms with Crippen molar-refractivity contribution < 1.29 is 9.53 Å². The normalized spacial score (nSPS) is 25.8. The molecule has 1 aromatic rings. The van der Waals surface area contributed by atoms with Gasteiger partial charge in [0.1, 0.15) is 12.4 Å². The molecule has 3 unspecified atom stereocenters. The van der Waals surface area contributed by atoms with E-state index in [0.717, 1.165) is 31.9 Å². The second-order valence-corrected chi connectivity index (χ2v) is 7.04. The topological polar surface area (TPSA) is 63.2 Å². The molecule has 0 aromatic carbocycles. The van der Waals surface area contributed by atoms with Gasteiger partial charge in [-0.1, -0.05) is 13.8 Å². The molecule has 5 nitrogen and oxygen atoms in total. The Kier molecular flexibility index (Phi) is 5.16. The van der Waals surface area contributed by atoms with Crippen LogP contribution in [0.5, 0.6) is 5.75 Å². The highest BCUT2D eigenvalue weighted by molar-refractivity contribution is 5.77. The molecule has 1 aliphatic heterocycles. The van der Waals surface area contributed by atoms with Crippen molar-refractivity contribution in [2.24, 2.45) is 11.8 Å². The summed E-state index contributed by atoms with van der Waals surface area (Å²) in [4.78, 5) is 15.9. The number of hydrogen-bond acceptors (Lipinski definition) is 4. The Morgan fingerprint density at radius 1 is 1.48 bits per heavy atom. The van der Waals surface area contributed by atoms with Gasteiger partial charge in [-0.3, -0.25) is 9.78 Å². The molecule has 0 radical (unpaired) electrons.